The Morgan fingerprint density at radius 3 is 2.28 bits per heavy atom. The fraction of sp³-hybridized carbons (Fsp3) is 0.519. The standard InChI is InChI=1S/C52H66ClN9O6S/c1-32(34-12-14-35(15-13-34)43-33(2)56-31-69-43)57-46(65)40-11-10-20-62(40)47(66)44(50(3,4)5)58-42(63)30-67-26-25-60-21-23-61(24-22-60)41-19-17-37(29-55-41)45(64)59-48-51(6,7)49(52(48,8)9)68-38-18-16-36(28-54)39(53)27-38/h12-19,27,29,31-32,40,44,48-49H,10-11,20-26,30H2,1-9H3,(H,57,65)(H,58,63)(H,59,64)/t32-,40-,44+,48?,49?/m0/s1. The van der Waals surface area contributed by atoms with E-state index in [1.807, 2.05) is 70.5 Å². The Morgan fingerprint density at radius 2 is 1.67 bits per heavy atom. The number of hydrogen-bond donors (Lipinski definition) is 3. The number of aromatic nitrogens is 2. The number of thiazole rings is 1. The number of nitrogens with one attached hydrogen (secondary N) is 3. The molecule has 1 aliphatic carbocycles. The van der Waals surface area contributed by atoms with E-state index >= 15 is 0 Å². The molecule has 0 bridgehead atoms. The summed E-state index contributed by atoms with van der Waals surface area (Å²) in [4.78, 5) is 70.7. The number of pyridine rings is 1. The maximum Gasteiger partial charge on any atom is 0.253 e. The van der Waals surface area contributed by atoms with Crippen LogP contribution in [0.1, 0.15) is 101 Å². The van der Waals surface area contributed by atoms with E-state index in [9.17, 15) is 24.4 Å². The normalized spacial score (nSPS) is 20.8. The number of likely N-dealkylation sites (tertiary alicyclic amines) is 1. The number of rotatable bonds is 16. The number of hydrogen-bond acceptors (Lipinski definition) is 12. The molecule has 4 aromatic rings. The summed E-state index contributed by atoms with van der Waals surface area (Å²) in [6.45, 7) is 22.2. The van der Waals surface area contributed by atoms with E-state index in [1.165, 1.54) is 0 Å². The van der Waals surface area contributed by atoms with Gasteiger partial charge in [0.15, 0.2) is 0 Å². The molecule has 3 fully saturated rings. The van der Waals surface area contributed by atoms with Crippen LogP contribution in [0, 0.1) is 34.5 Å². The fourth-order valence-corrected chi connectivity index (χ4v) is 11.3. The van der Waals surface area contributed by atoms with Gasteiger partial charge in [-0.3, -0.25) is 24.1 Å². The molecule has 0 spiro atoms. The van der Waals surface area contributed by atoms with Crippen LogP contribution in [0.2, 0.25) is 5.02 Å². The summed E-state index contributed by atoms with van der Waals surface area (Å²) >= 11 is 7.85. The topological polar surface area (TPSA) is 182 Å². The first-order valence-corrected chi connectivity index (χ1v) is 25.0. The molecule has 15 nitrogen and oxygen atoms in total. The molecule has 3 atom stereocenters. The van der Waals surface area contributed by atoms with Gasteiger partial charge in [-0.1, -0.05) is 84.3 Å². The quantitative estimate of drug-likeness (QED) is 0.0968. The first-order valence-electron chi connectivity index (χ1n) is 23.8. The molecule has 4 heterocycles. The molecule has 3 N–H and O–H groups in total. The van der Waals surface area contributed by atoms with Gasteiger partial charge in [0.05, 0.1) is 44.9 Å². The number of ether oxygens (including phenoxy) is 2. The minimum Gasteiger partial charge on any atom is -0.489 e. The van der Waals surface area contributed by atoms with Gasteiger partial charge < -0.3 is 35.2 Å². The van der Waals surface area contributed by atoms with Crippen LogP contribution in [0.5, 0.6) is 5.75 Å². The van der Waals surface area contributed by atoms with Gasteiger partial charge in [0.1, 0.15) is 42.4 Å². The van der Waals surface area contributed by atoms with E-state index in [4.69, 9.17) is 21.1 Å². The van der Waals surface area contributed by atoms with E-state index in [0.29, 0.717) is 54.4 Å². The predicted octanol–water partition coefficient (Wildman–Crippen LogP) is 7.19. The minimum atomic E-state index is -0.843. The van der Waals surface area contributed by atoms with Gasteiger partial charge in [-0.25, -0.2) is 9.97 Å². The van der Waals surface area contributed by atoms with Crippen LogP contribution in [-0.2, 0) is 19.1 Å². The van der Waals surface area contributed by atoms with Gasteiger partial charge in [0, 0.05) is 68.4 Å². The summed E-state index contributed by atoms with van der Waals surface area (Å²) < 4.78 is 12.2. The molecule has 0 radical (unpaired) electrons. The minimum absolute atomic E-state index is 0.175. The SMILES string of the molecule is Cc1ncsc1-c1ccc([C@H](C)NC(=O)[C@@H]2CCCN2C(=O)[C@@H](NC(=O)COCCN2CCN(c3ccc(C(=O)NC4C(C)(C)C(Oc5ccc(C#N)c(Cl)c5)C4(C)C)cn3)CC2)C(C)(C)C)cc1. The van der Waals surface area contributed by atoms with Gasteiger partial charge in [0.25, 0.3) is 5.91 Å². The Balaban J connectivity index is 0.822. The Hall–Kier alpha value is -5.60. The number of nitriles is 1. The van der Waals surface area contributed by atoms with Crippen molar-refractivity contribution in [3.8, 4) is 22.3 Å². The lowest BCUT2D eigenvalue weighted by Crippen LogP contribution is -2.74. The van der Waals surface area contributed by atoms with Gasteiger partial charge >= 0.3 is 0 Å². The first-order chi connectivity index (χ1) is 32.7. The number of amides is 4. The van der Waals surface area contributed by atoms with E-state index in [1.54, 1.807) is 46.7 Å². The second-order valence-electron chi connectivity index (χ2n) is 20.8. The van der Waals surface area contributed by atoms with Crippen LogP contribution in [-0.4, -0.2) is 120 Å². The Kier molecular flexibility index (Phi) is 15.7. The summed E-state index contributed by atoms with van der Waals surface area (Å²) in [5.41, 5.74) is 4.33. The van der Waals surface area contributed by atoms with E-state index in [2.05, 4.69) is 69.5 Å². The molecule has 3 aliphatic rings. The number of carbonyl (C=O) groups excluding carboxylic acids is 4. The molecular formula is C52H66ClN9O6S. The number of piperazine rings is 1. The highest BCUT2D eigenvalue weighted by Crippen LogP contribution is 2.55. The number of carbonyl (C=O) groups is 4. The lowest BCUT2D eigenvalue weighted by atomic mass is 9.49. The van der Waals surface area contributed by atoms with Crippen LogP contribution < -0.4 is 25.6 Å². The monoisotopic (exact) mass is 979 g/mol. The van der Waals surface area contributed by atoms with Gasteiger partial charge in [0.2, 0.25) is 17.7 Å². The van der Waals surface area contributed by atoms with Crippen molar-refractivity contribution in [1.82, 2.24) is 35.7 Å². The molecule has 17 heteroatoms. The Morgan fingerprint density at radius 1 is 0.957 bits per heavy atom. The predicted molar refractivity (Wildman–Crippen MR) is 268 cm³/mol. The third-order valence-electron chi connectivity index (χ3n) is 14.0. The maximum absolute atomic E-state index is 14.1. The zero-order valence-corrected chi connectivity index (χ0v) is 42.8. The molecule has 2 aliphatic heterocycles. The summed E-state index contributed by atoms with van der Waals surface area (Å²) in [7, 11) is 0. The van der Waals surface area contributed by atoms with Gasteiger partial charge in [-0.2, -0.15) is 5.26 Å². The first kappa shape index (κ1) is 51.3. The van der Waals surface area contributed by atoms with E-state index < -0.39 is 28.3 Å². The fourth-order valence-electron chi connectivity index (χ4n) is 10.3. The molecule has 4 amide bonds. The van der Waals surface area contributed by atoms with Crippen molar-refractivity contribution >= 4 is 52.4 Å². The number of aryl methyl sites for hydroxylation is 1. The zero-order valence-electron chi connectivity index (χ0n) is 41.2. The Bertz CT molecular complexity index is 2510. The highest BCUT2D eigenvalue weighted by atomic mass is 35.5. The molecular weight excluding hydrogens is 914 g/mol. The summed E-state index contributed by atoms with van der Waals surface area (Å²) in [6.07, 6.45) is 2.65. The summed E-state index contributed by atoms with van der Waals surface area (Å²) in [5.74, 6) is 0.304. The number of halogens is 1. The Labute approximate surface area is 415 Å². The van der Waals surface area contributed by atoms with Crippen molar-refractivity contribution in [2.45, 2.75) is 105 Å². The van der Waals surface area contributed by atoms with Crippen LogP contribution in [0.4, 0.5) is 5.82 Å². The van der Waals surface area contributed by atoms with Gasteiger partial charge in [-0.15, -0.1) is 11.3 Å². The molecule has 0 unspecified atom stereocenters. The molecule has 2 aromatic heterocycles. The van der Waals surface area contributed by atoms with E-state index in [-0.39, 0.29) is 48.4 Å². The van der Waals surface area contributed by atoms with Crippen LogP contribution >= 0.6 is 22.9 Å². The van der Waals surface area contributed by atoms with Crippen molar-refractivity contribution in [3.63, 3.8) is 0 Å². The van der Waals surface area contributed by atoms with Crippen LogP contribution in [0.3, 0.4) is 0 Å². The third-order valence-corrected chi connectivity index (χ3v) is 15.2. The molecule has 2 saturated heterocycles. The van der Waals surface area contributed by atoms with Crippen LogP contribution in [0.25, 0.3) is 10.4 Å². The summed E-state index contributed by atoms with van der Waals surface area (Å²) in [6, 6.07) is 17.0. The lowest BCUT2D eigenvalue weighted by Gasteiger charge is -2.63. The number of benzene rings is 2. The number of anilines is 1. The molecule has 2 aromatic carbocycles. The number of nitrogens with zero attached hydrogens (tertiary/aromatic N) is 6. The lowest BCUT2D eigenvalue weighted by molar-refractivity contribution is -0.164. The largest absolute Gasteiger partial charge is 0.489 e. The van der Waals surface area contributed by atoms with Crippen molar-refractivity contribution in [2.24, 2.45) is 16.2 Å². The smallest absolute Gasteiger partial charge is 0.253 e. The second-order valence-corrected chi connectivity index (χ2v) is 22.0. The third kappa shape index (κ3) is 11.5. The maximum atomic E-state index is 14.1. The van der Waals surface area contributed by atoms with Crippen molar-refractivity contribution in [2.75, 3.05) is 57.4 Å². The van der Waals surface area contributed by atoms with E-state index in [0.717, 1.165) is 53.7 Å². The summed E-state index contributed by atoms with van der Waals surface area (Å²) in [5, 5.41) is 18.9. The molecule has 69 heavy (non-hydrogen) atoms. The van der Waals surface area contributed by atoms with Gasteiger partial charge in [-0.05, 0) is 67.5 Å². The van der Waals surface area contributed by atoms with Crippen molar-refractivity contribution in [3.05, 3.63) is 93.7 Å². The van der Waals surface area contributed by atoms with Crippen molar-refractivity contribution < 1.29 is 28.7 Å². The second kappa shape index (κ2) is 21.2. The molecule has 7 rings (SSSR count). The molecule has 368 valence electrons. The van der Waals surface area contributed by atoms with Crippen LogP contribution in [0.15, 0.2) is 66.3 Å². The highest BCUT2D eigenvalue weighted by Gasteiger charge is 2.64. The average Bonchev–Trinajstić information content (AvgIpc) is 4.00. The highest BCUT2D eigenvalue weighted by molar-refractivity contribution is 7.13. The van der Waals surface area contributed by atoms with Crippen molar-refractivity contribution in [1.29, 1.82) is 5.26 Å². The molecule has 1 saturated carbocycles. The average molecular weight is 981 g/mol. The zero-order chi connectivity index (χ0) is 49.8.